The Morgan fingerprint density at radius 3 is 2.43 bits per heavy atom. The summed E-state index contributed by atoms with van der Waals surface area (Å²) >= 11 is 9.43. The van der Waals surface area contributed by atoms with Crippen LogP contribution in [0.2, 0.25) is 5.02 Å². The lowest BCUT2D eigenvalue weighted by atomic mass is 10.2. The van der Waals surface area contributed by atoms with Gasteiger partial charge in [-0.05, 0) is 36.4 Å². The molecule has 0 radical (unpaired) electrons. The molecule has 0 spiro atoms. The van der Waals surface area contributed by atoms with Gasteiger partial charge in [0.25, 0.3) is 15.9 Å². The summed E-state index contributed by atoms with van der Waals surface area (Å²) < 4.78 is 28.2. The molecule has 0 unspecified atom stereocenters. The Morgan fingerprint density at radius 2 is 1.73 bits per heavy atom. The van der Waals surface area contributed by atoms with Crippen molar-refractivity contribution in [1.82, 2.24) is 5.43 Å². The Hall–Kier alpha value is -2.68. The van der Waals surface area contributed by atoms with E-state index in [1.807, 2.05) is 24.3 Å². The predicted octanol–water partition coefficient (Wildman–Crippen LogP) is 4.45. The number of nitrogens with one attached hydrogen (secondary N) is 1. The van der Waals surface area contributed by atoms with Crippen LogP contribution < -0.4 is 9.73 Å². The van der Waals surface area contributed by atoms with Gasteiger partial charge in [0.1, 0.15) is 6.54 Å². The van der Waals surface area contributed by atoms with Gasteiger partial charge in [0, 0.05) is 15.1 Å². The zero-order valence-electron chi connectivity index (χ0n) is 15.6. The van der Waals surface area contributed by atoms with E-state index in [-0.39, 0.29) is 10.6 Å². The lowest BCUT2D eigenvalue weighted by Gasteiger charge is -2.23. The molecule has 0 atom stereocenters. The molecule has 6 nitrogen and oxygen atoms in total. The first-order valence-electron chi connectivity index (χ1n) is 8.78. The van der Waals surface area contributed by atoms with Crippen molar-refractivity contribution >= 4 is 55.4 Å². The minimum atomic E-state index is -4.00. The summed E-state index contributed by atoms with van der Waals surface area (Å²) in [6.07, 6.45) is 1.47. The average molecular weight is 507 g/mol. The summed E-state index contributed by atoms with van der Waals surface area (Å²) in [5, 5.41) is 4.27. The fourth-order valence-corrected chi connectivity index (χ4v) is 4.59. The topological polar surface area (TPSA) is 78.8 Å². The van der Waals surface area contributed by atoms with E-state index in [0.29, 0.717) is 5.02 Å². The van der Waals surface area contributed by atoms with Crippen LogP contribution >= 0.6 is 27.5 Å². The van der Waals surface area contributed by atoms with Crippen LogP contribution in [0, 0.1) is 0 Å². The van der Waals surface area contributed by atoms with Crippen LogP contribution in [-0.2, 0) is 14.8 Å². The Labute approximate surface area is 188 Å². The van der Waals surface area contributed by atoms with Crippen molar-refractivity contribution < 1.29 is 13.2 Å². The molecule has 3 aromatic carbocycles. The molecule has 1 amide bonds. The third-order valence-electron chi connectivity index (χ3n) is 4.01. The second-order valence-corrected chi connectivity index (χ2v) is 9.27. The fraction of sp³-hybridized carbons (Fsp3) is 0.0476. The van der Waals surface area contributed by atoms with Crippen molar-refractivity contribution in [2.75, 3.05) is 10.8 Å². The molecule has 9 heteroatoms. The molecule has 0 aromatic heterocycles. The van der Waals surface area contributed by atoms with Crippen molar-refractivity contribution in [3.63, 3.8) is 0 Å². The van der Waals surface area contributed by atoms with Crippen LogP contribution in [0.3, 0.4) is 0 Å². The number of hydrogen-bond donors (Lipinski definition) is 1. The quantitative estimate of drug-likeness (QED) is 0.380. The molecule has 1 N–H and O–H groups in total. The highest BCUT2D eigenvalue weighted by molar-refractivity contribution is 9.10. The SMILES string of the molecule is O=C(CN(c1cccc(Cl)c1)S(=O)(=O)c1ccccc1)N/N=C/c1ccccc1Br. The van der Waals surface area contributed by atoms with Gasteiger partial charge in [-0.25, -0.2) is 13.8 Å². The molecule has 30 heavy (non-hydrogen) atoms. The van der Waals surface area contributed by atoms with Crippen molar-refractivity contribution in [1.29, 1.82) is 0 Å². The van der Waals surface area contributed by atoms with E-state index in [9.17, 15) is 13.2 Å². The number of amides is 1. The molecule has 154 valence electrons. The first-order valence-corrected chi connectivity index (χ1v) is 11.4. The number of hydrogen-bond acceptors (Lipinski definition) is 4. The fourth-order valence-electron chi connectivity index (χ4n) is 2.59. The number of carbonyl (C=O) groups excluding carboxylic acids is 1. The summed E-state index contributed by atoms with van der Waals surface area (Å²) in [6, 6.07) is 21.5. The van der Waals surface area contributed by atoms with Crippen molar-refractivity contribution in [3.8, 4) is 0 Å². The zero-order valence-corrected chi connectivity index (χ0v) is 18.7. The Morgan fingerprint density at radius 1 is 1.03 bits per heavy atom. The monoisotopic (exact) mass is 505 g/mol. The maximum absolute atomic E-state index is 13.2. The average Bonchev–Trinajstić information content (AvgIpc) is 2.74. The standard InChI is InChI=1S/C21H17BrClN3O3S/c22-20-12-5-4-7-16(20)14-24-25-21(27)15-26(18-9-6-8-17(23)13-18)30(28,29)19-10-2-1-3-11-19/h1-14H,15H2,(H,25,27)/b24-14+. The van der Waals surface area contributed by atoms with Gasteiger partial charge in [-0.2, -0.15) is 5.10 Å². The lowest BCUT2D eigenvalue weighted by Crippen LogP contribution is -2.39. The minimum Gasteiger partial charge on any atom is -0.271 e. The van der Waals surface area contributed by atoms with Crippen LogP contribution in [-0.4, -0.2) is 27.1 Å². The van der Waals surface area contributed by atoms with Gasteiger partial charge in [0.15, 0.2) is 0 Å². The van der Waals surface area contributed by atoms with Crippen LogP contribution in [0.25, 0.3) is 0 Å². The third-order valence-corrected chi connectivity index (χ3v) is 6.76. The van der Waals surface area contributed by atoms with E-state index in [2.05, 4.69) is 26.5 Å². The predicted molar refractivity (Wildman–Crippen MR) is 122 cm³/mol. The number of anilines is 1. The van der Waals surface area contributed by atoms with Crippen LogP contribution in [0.4, 0.5) is 5.69 Å². The number of halogens is 2. The first-order chi connectivity index (χ1) is 14.4. The van der Waals surface area contributed by atoms with Crippen LogP contribution in [0.5, 0.6) is 0 Å². The molecule has 0 fully saturated rings. The molecule has 0 aliphatic heterocycles. The maximum atomic E-state index is 13.2. The summed E-state index contributed by atoms with van der Waals surface area (Å²) in [6.45, 7) is -0.467. The first kappa shape index (κ1) is 22.0. The zero-order chi connectivity index (χ0) is 21.6. The second kappa shape index (κ2) is 9.88. The molecule has 0 saturated heterocycles. The molecular formula is C21H17BrClN3O3S. The van der Waals surface area contributed by atoms with Crippen molar-refractivity contribution in [3.05, 3.63) is 93.9 Å². The molecule has 3 rings (SSSR count). The van der Waals surface area contributed by atoms with E-state index in [4.69, 9.17) is 11.6 Å². The van der Waals surface area contributed by atoms with E-state index in [1.54, 1.807) is 36.4 Å². The highest BCUT2D eigenvalue weighted by atomic mass is 79.9. The molecular weight excluding hydrogens is 490 g/mol. The van der Waals surface area contributed by atoms with E-state index in [0.717, 1.165) is 14.3 Å². The maximum Gasteiger partial charge on any atom is 0.264 e. The number of benzene rings is 3. The van der Waals surface area contributed by atoms with Crippen LogP contribution in [0.1, 0.15) is 5.56 Å². The molecule has 3 aromatic rings. The molecule has 0 heterocycles. The Kier molecular flexibility index (Phi) is 7.25. The van der Waals surface area contributed by atoms with Gasteiger partial charge < -0.3 is 0 Å². The van der Waals surface area contributed by atoms with E-state index >= 15 is 0 Å². The van der Waals surface area contributed by atoms with Gasteiger partial charge in [0.2, 0.25) is 0 Å². The van der Waals surface area contributed by atoms with Gasteiger partial charge >= 0.3 is 0 Å². The number of nitrogens with zero attached hydrogens (tertiary/aromatic N) is 2. The number of hydrazone groups is 1. The van der Waals surface area contributed by atoms with E-state index < -0.39 is 22.5 Å². The number of carbonyl (C=O) groups is 1. The molecule has 0 bridgehead atoms. The Balaban J connectivity index is 1.84. The molecule has 0 saturated carbocycles. The minimum absolute atomic E-state index is 0.0643. The van der Waals surface area contributed by atoms with Gasteiger partial charge in [-0.1, -0.05) is 70.0 Å². The summed E-state index contributed by atoms with van der Waals surface area (Å²) in [7, 11) is -4.00. The van der Waals surface area contributed by atoms with E-state index in [1.165, 1.54) is 24.4 Å². The van der Waals surface area contributed by atoms with Crippen LogP contribution in [0.15, 0.2) is 93.3 Å². The third kappa shape index (κ3) is 5.47. The number of sulfonamides is 1. The van der Waals surface area contributed by atoms with Gasteiger partial charge in [-0.3, -0.25) is 9.10 Å². The molecule has 0 aliphatic rings. The van der Waals surface area contributed by atoms with Crippen molar-refractivity contribution in [2.24, 2.45) is 5.10 Å². The second-order valence-electron chi connectivity index (χ2n) is 6.12. The molecule has 0 aliphatic carbocycles. The smallest absolute Gasteiger partial charge is 0.264 e. The van der Waals surface area contributed by atoms with Gasteiger partial charge in [-0.15, -0.1) is 0 Å². The number of rotatable bonds is 7. The summed E-state index contributed by atoms with van der Waals surface area (Å²) in [4.78, 5) is 12.6. The lowest BCUT2D eigenvalue weighted by molar-refractivity contribution is -0.119. The highest BCUT2D eigenvalue weighted by Gasteiger charge is 2.27. The summed E-state index contributed by atoms with van der Waals surface area (Å²) in [5.41, 5.74) is 3.41. The normalized spacial score (nSPS) is 11.4. The Bertz CT molecular complexity index is 1170. The van der Waals surface area contributed by atoms with Gasteiger partial charge in [0.05, 0.1) is 16.8 Å². The largest absolute Gasteiger partial charge is 0.271 e. The highest BCUT2D eigenvalue weighted by Crippen LogP contribution is 2.25. The van der Waals surface area contributed by atoms with Crippen molar-refractivity contribution in [2.45, 2.75) is 4.90 Å². The summed E-state index contributed by atoms with van der Waals surface area (Å²) in [5.74, 6) is -0.599.